The van der Waals surface area contributed by atoms with Crippen LogP contribution in [0.25, 0.3) is 0 Å². The van der Waals surface area contributed by atoms with Gasteiger partial charge in [-0.2, -0.15) is 4.37 Å². The first kappa shape index (κ1) is 16.7. The van der Waals surface area contributed by atoms with Crippen LogP contribution in [0, 0.1) is 6.92 Å². The SMILES string of the molecule is Cc1cc(C(=O)N2CC(c3ncc(OCc4ccccc4)cn3)C2)ns1. The van der Waals surface area contributed by atoms with Crippen LogP contribution in [0.2, 0.25) is 0 Å². The molecule has 0 radical (unpaired) electrons. The molecule has 6 nitrogen and oxygen atoms in total. The zero-order valence-electron chi connectivity index (χ0n) is 14.3. The Balaban J connectivity index is 1.30. The summed E-state index contributed by atoms with van der Waals surface area (Å²) in [4.78, 5) is 23.9. The monoisotopic (exact) mass is 366 g/mol. The number of ether oxygens (including phenoxy) is 1. The van der Waals surface area contributed by atoms with E-state index in [0.29, 0.717) is 31.1 Å². The summed E-state index contributed by atoms with van der Waals surface area (Å²) in [7, 11) is 0. The third-order valence-corrected chi connectivity index (χ3v) is 4.97. The lowest BCUT2D eigenvalue weighted by Crippen LogP contribution is -2.49. The van der Waals surface area contributed by atoms with Crippen molar-refractivity contribution in [3.8, 4) is 5.75 Å². The van der Waals surface area contributed by atoms with Gasteiger partial charge in [0.1, 0.15) is 18.1 Å². The number of hydrogen-bond acceptors (Lipinski definition) is 6. The Hall–Kier alpha value is -2.80. The lowest BCUT2D eigenvalue weighted by Gasteiger charge is -2.37. The maximum atomic E-state index is 12.3. The molecular formula is C19H18N4O2S. The number of aromatic nitrogens is 3. The van der Waals surface area contributed by atoms with E-state index >= 15 is 0 Å². The van der Waals surface area contributed by atoms with Gasteiger partial charge in [-0.1, -0.05) is 30.3 Å². The Morgan fingerprint density at radius 2 is 1.96 bits per heavy atom. The number of likely N-dealkylation sites (tertiary alicyclic amines) is 1. The molecule has 1 aromatic carbocycles. The fourth-order valence-electron chi connectivity index (χ4n) is 2.79. The Morgan fingerprint density at radius 3 is 2.62 bits per heavy atom. The second-order valence-corrected chi connectivity index (χ2v) is 7.29. The van der Waals surface area contributed by atoms with Gasteiger partial charge in [-0.05, 0) is 30.1 Å². The van der Waals surface area contributed by atoms with E-state index < -0.39 is 0 Å². The molecule has 2 aromatic heterocycles. The average molecular weight is 366 g/mol. The first-order chi connectivity index (χ1) is 12.7. The summed E-state index contributed by atoms with van der Waals surface area (Å²) < 4.78 is 9.88. The number of carbonyl (C=O) groups excluding carboxylic acids is 1. The molecule has 7 heteroatoms. The summed E-state index contributed by atoms with van der Waals surface area (Å²) in [6.45, 7) is 3.68. The second kappa shape index (κ2) is 7.21. The van der Waals surface area contributed by atoms with E-state index in [9.17, 15) is 4.79 Å². The molecule has 132 valence electrons. The molecule has 1 aliphatic heterocycles. The van der Waals surface area contributed by atoms with Crippen LogP contribution in [0.3, 0.4) is 0 Å². The number of hydrogen-bond donors (Lipinski definition) is 0. The van der Waals surface area contributed by atoms with Crippen LogP contribution in [-0.4, -0.2) is 38.2 Å². The number of carbonyl (C=O) groups is 1. The summed E-state index contributed by atoms with van der Waals surface area (Å²) in [6.07, 6.45) is 3.39. The summed E-state index contributed by atoms with van der Waals surface area (Å²) in [5.41, 5.74) is 1.62. The quantitative estimate of drug-likeness (QED) is 0.694. The molecular weight excluding hydrogens is 348 g/mol. The summed E-state index contributed by atoms with van der Waals surface area (Å²) >= 11 is 1.35. The first-order valence-electron chi connectivity index (χ1n) is 8.40. The molecule has 1 aliphatic rings. The van der Waals surface area contributed by atoms with Gasteiger partial charge in [0.2, 0.25) is 0 Å². The molecule has 0 bridgehead atoms. The van der Waals surface area contributed by atoms with E-state index in [1.807, 2.05) is 43.3 Å². The molecule has 0 N–H and O–H groups in total. The molecule has 4 rings (SSSR count). The minimum atomic E-state index is -0.0200. The lowest BCUT2D eigenvalue weighted by molar-refractivity contribution is 0.0589. The molecule has 1 amide bonds. The number of benzene rings is 1. The standard InChI is InChI=1S/C19H18N4O2S/c1-13-7-17(22-26-13)19(24)23-10-15(11-23)18-20-8-16(9-21-18)25-12-14-5-3-2-4-6-14/h2-9,15H,10-12H2,1H3. The maximum Gasteiger partial charge on any atom is 0.273 e. The zero-order chi connectivity index (χ0) is 17.9. The third-order valence-electron chi connectivity index (χ3n) is 4.28. The average Bonchev–Trinajstić information content (AvgIpc) is 3.07. The molecule has 0 atom stereocenters. The van der Waals surface area contributed by atoms with Gasteiger partial charge >= 0.3 is 0 Å². The highest BCUT2D eigenvalue weighted by Crippen LogP contribution is 2.26. The molecule has 0 spiro atoms. The summed E-state index contributed by atoms with van der Waals surface area (Å²) in [5, 5.41) is 0. The molecule has 1 fully saturated rings. The second-order valence-electron chi connectivity index (χ2n) is 6.28. The number of aryl methyl sites for hydroxylation is 1. The Bertz CT molecular complexity index is 889. The predicted molar refractivity (Wildman–Crippen MR) is 98.3 cm³/mol. The smallest absolute Gasteiger partial charge is 0.273 e. The predicted octanol–water partition coefficient (Wildman–Crippen LogP) is 3.06. The Morgan fingerprint density at radius 1 is 1.23 bits per heavy atom. The highest BCUT2D eigenvalue weighted by Gasteiger charge is 2.34. The molecule has 0 aliphatic carbocycles. The fourth-order valence-corrected chi connectivity index (χ4v) is 3.33. The zero-order valence-corrected chi connectivity index (χ0v) is 15.1. The molecule has 3 aromatic rings. The topological polar surface area (TPSA) is 68.2 Å². The third kappa shape index (κ3) is 3.57. The van der Waals surface area contributed by atoms with Gasteiger partial charge in [0, 0.05) is 18.0 Å². The van der Waals surface area contributed by atoms with Gasteiger partial charge < -0.3 is 9.64 Å². The first-order valence-corrected chi connectivity index (χ1v) is 9.17. The minimum absolute atomic E-state index is 0.0200. The summed E-state index contributed by atoms with van der Waals surface area (Å²) in [5.74, 6) is 1.54. The van der Waals surface area contributed by atoms with E-state index in [2.05, 4.69) is 14.3 Å². The van der Waals surface area contributed by atoms with Crippen LogP contribution < -0.4 is 4.74 Å². The molecule has 26 heavy (non-hydrogen) atoms. The van der Waals surface area contributed by atoms with Crippen molar-refractivity contribution in [1.29, 1.82) is 0 Å². The fraction of sp³-hybridized carbons (Fsp3) is 0.263. The van der Waals surface area contributed by atoms with Gasteiger partial charge in [0.15, 0.2) is 5.75 Å². The van der Waals surface area contributed by atoms with Gasteiger partial charge in [-0.15, -0.1) is 0 Å². The number of amides is 1. The van der Waals surface area contributed by atoms with Gasteiger partial charge in [0.25, 0.3) is 5.91 Å². The molecule has 3 heterocycles. The van der Waals surface area contributed by atoms with Crippen molar-refractivity contribution in [2.75, 3.05) is 13.1 Å². The number of nitrogens with zero attached hydrogens (tertiary/aromatic N) is 4. The van der Waals surface area contributed by atoms with Gasteiger partial charge in [-0.25, -0.2) is 9.97 Å². The van der Waals surface area contributed by atoms with Crippen molar-refractivity contribution in [3.05, 3.63) is 70.8 Å². The van der Waals surface area contributed by atoms with Crippen LogP contribution >= 0.6 is 11.5 Å². The van der Waals surface area contributed by atoms with Crippen molar-refractivity contribution >= 4 is 17.4 Å². The van der Waals surface area contributed by atoms with Crippen LogP contribution in [0.15, 0.2) is 48.8 Å². The van der Waals surface area contributed by atoms with E-state index in [1.54, 1.807) is 17.3 Å². The van der Waals surface area contributed by atoms with Gasteiger partial charge in [0.05, 0.1) is 18.3 Å². The van der Waals surface area contributed by atoms with E-state index in [1.165, 1.54) is 11.5 Å². The largest absolute Gasteiger partial charge is 0.486 e. The van der Waals surface area contributed by atoms with E-state index in [0.717, 1.165) is 16.3 Å². The van der Waals surface area contributed by atoms with Gasteiger partial charge in [-0.3, -0.25) is 4.79 Å². The lowest BCUT2D eigenvalue weighted by atomic mass is 9.98. The highest BCUT2D eigenvalue weighted by atomic mass is 32.1. The summed E-state index contributed by atoms with van der Waals surface area (Å²) in [6, 6.07) is 11.8. The highest BCUT2D eigenvalue weighted by molar-refractivity contribution is 7.05. The van der Waals surface area contributed by atoms with Crippen LogP contribution in [-0.2, 0) is 6.61 Å². The van der Waals surface area contributed by atoms with Crippen molar-refractivity contribution < 1.29 is 9.53 Å². The molecule has 0 saturated carbocycles. The van der Waals surface area contributed by atoms with E-state index in [-0.39, 0.29) is 11.8 Å². The molecule has 1 saturated heterocycles. The maximum absolute atomic E-state index is 12.3. The van der Waals surface area contributed by atoms with Crippen LogP contribution in [0.5, 0.6) is 5.75 Å². The number of rotatable bonds is 5. The van der Waals surface area contributed by atoms with Crippen molar-refractivity contribution in [1.82, 2.24) is 19.2 Å². The Labute approximate surface area is 155 Å². The van der Waals surface area contributed by atoms with Crippen molar-refractivity contribution in [2.24, 2.45) is 0 Å². The van der Waals surface area contributed by atoms with Crippen molar-refractivity contribution in [2.45, 2.75) is 19.4 Å². The van der Waals surface area contributed by atoms with Crippen LogP contribution in [0.1, 0.15) is 32.7 Å². The van der Waals surface area contributed by atoms with E-state index in [4.69, 9.17) is 4.74 Å². The Kier molecular flexibility index (Phi) is 4.62. The molecule has 0 unspecified atom stereocenters. The minimum Gasteiger partial charge on any atom is -0.486 e. The normalized spacial score (nSPS) is 14.1. The van der Waals surface area contributed by atoms with Crippen LogP contribution in [0.4, 0.5) is 0 Å². The van der Waals surface area contributed by atoms with Crippen molar-refractivity contribution in [3.63, 3.8) is 0 Å².